The van der Waals surface area contributed by atoms with Crippen LogP contribution in [0.4, 0.5) is 0 Å². The summed E-state index contributed by atoms with van der Waals surface area (Å²) in [6.07, 6.45) is 0. The third-order valence-electron chi connectivity index (χ3n) is 1.56. The van der Waals surface area contributed by atoms with Gasteiger partial charge in [0.2, 0.25) is 0 Å². The molecule has 0 aliphatic rings. The van der Waals surface area contributed by atoms with Crippen molar-refractivity contribution in [1.82, 2.24) is 0 Å². The molecular weight excluding hydrogens is 369 g/mol. The van der Waals surface area contributed by atoms with E-state index in [9.17, 15) is 0 Å². The van der Waals surface area contributed by atoms with E-state index in [-0.39, 0.29) is 0 Å². The van der Waals surface area contributed by atoms with Gasteiger partial charge >= 0.3 is 0 Å². The third-order valence-corrected chi connectivity index (χ3v) is 2.57. The van der Waals surface area contributed by atoms with Gasteiger partial charge in [-0.3, -0.25) is 0 Å². The van der Waals surface area contributed by atoms with Crippen molar-refractivity contribution in [3.05, 3.63) is 69.7 Å². The summed E-state index contributed by atoms with van der Waals surface area (Å²) in [5.41, 5.74) is 0. The predicted octanol–water partition coefficient (Wildman–Crippen LogP) is 7.32. The molecular formula is C13H10Cl6. The number of halogens is 6. The first-order valence-electron chi connectivity index (χ1n) is 4.96. The lowest BCUT2D eigenvalue weighted by Crippen LogP contribution is -1.62. The Labute approximate surface area is 143 Å². The summed E-state index contributed by atoms with van der Waals surface area (Å²) in [6.45, 7) is 0. The largest absolute Gasteiger partial charge is 0.180 e. The van der Waals surface area contributed by atoms with Crippen LogP contribution in [-0.2, 0) is 0 Å². The van der Waals surface area contributed by atoms with E-state index in [0.29, 0.717) is 10.0 Å². The van der Waals surface area contributed by atoms with Crippen molar-refractivity contribution < 1.29 is 0 Å². The molecule has 0 amide bonds. The summed E-state index contributed by atoms with van der Waals surface area (Å²) < 4.78 is -0.750. The Balaban J connectivity index is 0.000000272. The van der Waals surface area contributed by atoms with Crippen molar-refractivity contribution in [2.75, 3.05) is 0 Å². The zero-order valence-corrected chi connectivity index (χ0v) is 14.1. The van der Waals surface area contributed by atoms with Gasteiger partial charge in [0.15, 0.2) is 4.30 Å². The van der Waals surface area contributed by atoms with Gasteiger partial charge in [-0.2, -0.15) is 0 Å². The van der Waals surface area contributed by atoms with Crippen LogP contribution in [0.2, 0.25) is 15.1 Å². The maximum atomic E-state index is 5.58. The predicted molar refractivity (Wildman–Crippen MR) is 89.3 cm³/mol. The van der Waals surface area contributed by atoms with Gasteiger partial charge in [0.05, 0.1) is 10.0 Å². The van der Waals surface area contributed by atoms with E-state index in [1.165, 1.54) is 0 Å². The van der Waals surface area contributed by atoms with Crippen molar-refractivity contribution in [3.63, 3.8) is 0 Å². The maximum Gasteiger partial charge on any atom is 0.180 e. The minimum Gasteiger partial charge on any atom is -0.0874 e. The van der Waals surface area contributed by atoms with E-state index in [1.807, 2.05) is 42.5 Å². The van der Waals surface area contributed by atoms with Gasteiger partial charge in [-0.15, -0.1) is 0 Å². The van der Waals surface area contributed by atoms with Crippen LogP contribution < -0.4 is 0 Å². The highest BCUT2D eigenvalue weighted by Gasteiger charge is 1.89. The molecule has 104 valence electrons. The van der Waals surface area contributed by atoms with Crippen LogP contribution in [0.25, 0.3) is 0 Å². The highest BCUT2D eigenvalue weighted by Crippen LogP contribution is 2.19. The molecule has 2 rings (SSSR count). The Morgan fingerprint density at radius 1 is 0.579 bits per heavy atom. The summed E-state index contributed by atoms with van der Waals surface area (Å²) in [6, 6.07) is 16.6. The summed E-state index contributed by atoms with van der Waals surface area (Å²) >= 11 is 31.1. The van der Waals surface area contributed by atoms with Crippen molar-refractivity contribution in [3.8, 4) is 0 Å². The highest BCUT2D eigenvalue weighted by molar-refractivity contribution is 6.63. The van der Waals surface area contributed by atoms with Crippen LogP contribution in [0.15, 0.2) is 54.6 Å². The zero-order chi connectivity index (χ0) is 14.7. The summed E-state index contributed by atoms with van der Waals surface area (Å²) in [5, 5.41) is 2.01. The summed E-state index contributed by atoms with van der Waals surface area (Å²) in [7, 11) is 0. The van der Waals surface area contributed by atoms with E-state index >= 15 is 0 Å². The van der Waals surface area contributed by atoms with Crippen molar-refractivity contribution in [2.45, 2.75) is 4.30 Å². The normalized spacial score (nSPS) is 9.00. The number of benzene rings is 2. The molecule has 0 N–H and O–H groups in total. The first-order chi connectivity index (χ1) is 8.93. The van der Waals surface area contributed by atoms with Gasteiger partial charge in [-0.1, -0.05) is 99.9 Å². The number of hydrogen-bond donors (Lipinski definition) is 0. The lowest BCUT2D eigenvalue weighted by atomic mass is 10.4. The van der Waals surface area contributed by atoms with E-state index in [0.717, 1.165) is 5.02 Å². The second-order valence-corrected chi connectivity index (χ2v) is 6.19. The quantitative estimate of drug-likeness (QED) is 0.421. The van der Waals surface area contributed by atoms with Crippen molar-refractivity contribution >= 4 is 69.6 Å². The summed E-state index contributed by atoms with van der Waals surface area (Å²) in [4.78, 5) is 0. The molecule has 0 saturated carbocycles. The Morgan fingerprint density at radius 2 is 0.895 bits per heavy atom. The van der Waals surface area contributed by atoms with E-state index in [2.05, 4.69) is 0 Å². The van der Waals surface area contributed by atoms with Crippen LogP contribution in [-0.4, -0.2) is 4.30 Å². The molecule has 0 saturated heterocycles. The number of alkyl halides is 3. The van der Waals surface area contributed by atoms with Crippen LogP contribution in [0.5, 0.6) is 0 Å². The average Bonchev–Trinajstić information content (AvgIpc) is 2.34. The fraction of sp³-hybridized carbons (Fsp3) is 0.0769. The SMILES string of the molecule is ClC(Cl)Cl.Clc1ccccc1.Clc1ccccc1Cl. The van der Waals surface area contributed by atoms with Crippen LogP contribution in [0.3, 0.4) is 0 Å². The third kappa shape index (κ3) is 12.9. The van der Waals surface area contributed by atoms with Gasteiger partial charge < -0.3 is 0 Å². The maximum absolute atomic E-state index is 5.58. The molecule has 0 fully saturated rings. The fourth-order valence-electron chi connectivity index (χ4n) is 0.854. The molecule has 0 bridgehead atoms. The minimum absolute atomic E-state index is 0.606. The number of rotatable bonds is 0. The molecule has 0 aliphatic heterocycles. The lowest BCUT2D eigenvalue weighted by Gasteiger charge is -1.88. The smallest absolute Gasteiger partial charge is 0.0874 e. The zero-order valence-electron chi connectivity index (χ0n) is 9.54. The molecule has 6 heteroatoms. The van der Waals surface area contributed by atoms with Gasteiger partial charge in [0.1, 0.15) is 0 Å². The molecule has 0 aromatic heterocycles. The minimum atomic E-state index is -0.750. The molecule has 0 heterocycles. The average molecular weight is 379 g/mol. The Hall–Kier alpha value is 0.180. The molecule has 0 aliphatic carbocycles. The van der Waals surface area contributed by atoms with E-state index in [1.54, 1.807) is 12.1 Å². The molecule has 2 aromatic carbocycles. The highest BCUT2D eigenvalue weighted by atomic mass is 35.6. The summed E-state index contributed by atoms with van der Waals surface area (Å²) in [5.74, 6) is 0. The van der Waals surface area contributed by atoms with Crippen LogP contribution in [0, 0.1) is 0 Å². The van der Waals surface area contributed by atoms with Gasteiger partial charge in [0, 0.05) is 5.02 Å². The van der Waals surface area contributed by atoms with Crippen molar-refractivity contribution in [2.24, 2.45) is 0 Å². The first-order valence-corrected chi connectivity index (χ1v) is 7.40. The molecule has 0 atom stereocenters. The first kappa shape index (κ1) is 19.2. The van der Waals surface area contributed by atoms with Gasteiger partial charge in [-0.25, -0.2) is 0 Å². The van der Waals surface area contributed by atoms with Gasteiger partial charge in [-0.05, 0) is 24.3 Å². The second kappa shape index (κ2) is 12.0. The molecule has 0 radical (unpaired) electrons. The monoisotopic (exact) mass is 376 g/mol. The Bertz CT molecular complexity index is 420. The van der Waals surface area contributed by atoms with E-state index < -0.39 is 4.30 Å². The topological polar surface area (TPSA) is 0 Å². The Kier molecular flexibility index (Phi) is 12.1. The lowest BCUT2D eigenvalue weighted by molar-refractivity contribution is 1.71. The van der Waals surface area contributed by atoms with Gasteiger partial charge in [0.25, 0.3) is 0 Å². The fourth-order valence-corrected chi connectivity index (χ4v) is 1.27. The molecule has 2 aromatic rings. The Morgan fingerprint density at radius 3 is 1.11 bits per heavy atom. The molecule has 0 nitrogen and oxygen atoms in total. The van der Waals surface area contributed by atoms with Crippen LogP contribution >= 0.6 is 69.6 Å². The molecule has 0 spiro atoms. The molecule has 0 unspecified atom stereocenters. The van der Waals surface area contributed by atoms with Crippen molar-refractivity contribution in [1.29, 1.82) is 0 Å². The van der Waals surface area contributed by atoms with Crippen LogP contribution in [0.1, 0.15) is 0 Å². The number of hydrogen-bond acceptors (Lipinski definition) is 0. The standard InChI is InChI=1S/C6H4Cl2.C6H5Cl.CHCl3/c7-5-3-1-2-4-6(5)8;7-6-4-2-1-3-5-6;2-1(3)4/h1-4H;1-5H;1H. The second-order valence-electron chi connectivity index (χ2n) is 2.96. The van der Waals surface area contributed by atoms with E-state index in [4.69, 9.17) is 69.6 Å². The molecule has 19 heavy (non-hydrogen) atoms.